The molecule has 0 saturated heterocycles. The Morgan fingerprint density at radius 1 is 1.24 bits per heavy atom. The molecule has 6 nitrogen and oxygen atoms in total. The molecular weight excluding hydrogens is 366 g/mol. The van der Waals surface area contributed by atoms with E-state index in [9.17, 15) is 14.9 Å². The lowest BCUT2D eigenvalue weighted by Gasteiger charge is -2.13. The fraction of sp³-hybridized carbons (Fsp3) is 0.348. The molecule has 1 aliphatic carbocycles. The van der Waals surface area contributed by atoms with Crippen LogP contribution in [0, 0.1) is 25.2 Å². The maximum Gasteiger partial charge on any atom is 0.339 e. The number of aryl methyl sites for hydroxylation is 1. The molecule has 150 valence electrons. The first kappa shape index (κ1) is 20.4. The monoisotopic (exact) mass is 391 g/mol. The van der Waals surface area contributed by atoms with Crippen LogP contribution < -0.4 is 5.32 Å². The summed E-state index contributed by atoms with van der Waals surface area (Å²) in [5, 5.41) is 12.5. The summed E-state index contributed by atoms with van der Waals surface area (Å²) in [5.41, 5.74) is 3.72. The number of nitriles is 1. The topological polar surface area (TPSA) is 84.1 Å². The second-order valence-corrected chi connectivity index (χ2v) is 7.30. The van der Waals surface area contributed by atoms with Gasteiger partial charge in [-0.1, -0.05) is 25.0 Å². The quantitative estimate of drug-likeness (QED) is 0.477. The van der Waals surface area contributed by atoms with Gasteiger partial charge in [0.2, 0.25) is 0 Å². The number of para-hydroxylation sites is 1. The highest BCUT2D eigenvalue weighted by Gasteiger charge is 2.21. The molecule has 1 fully saturated rings. The number of benzene rings is 1. The third-order valence-corrected chi connectivity index (χ3v) is 5.38. The Bertz CT molecular complexity index is 1000. The van der Waals surface area contributed by atoms with E-state index in [4.69, 9.17) is 4.74 Å². The lowest BCUT2D eigenvalue weighted by Crippen LogP contribution is -2.33. The normalized spacial score (nSPS) is 14.5. The van der Waals surface area contributed by atoms with Gasteiger partial charge < -0.3 is 14.6 Å². The summed E-state index contributed by atoms with van der Waals surface area (Å²) in [6, 6.07) is 11.3. The van der Waals surface area contributed by atoms with E-state index in [0.29, 0.717) is 11.3 Å². The molecule has 0 aliphatic heterocycles. The molecule has 1 aliphatic rings. The number of amides is 1. The van der Waals surface area contributed by atoms with Gasteiger partial charge in [-0.3, -0.25) is 4.79 Å². The summed E-state index contributed by atoms with van der Waals surface area (Å²) in [6.07, 6.45) is 5.75. The van der Waals surface area contributed by atoms with E-state index in [2.05, 4.69) is 5.32 Å². The van der Waals surface area contributed by atoms with Gasteiger partial charge in [0.05, 0.1) is 18.4 Å². The molecule has 2 aromatic rings. The number of hydrogen-bond acceptors (Lipinski definition) is 4. The second kappa shape index (κ2) is 8.78. The van der Waals surface area contributed by atoms with Gasteiger partial charge in [0.1, 0.15) is 11.6 Å². The molecule has 0 radical (unpaired) electrons. The van der Waals surface area contributed by atoms with Gasteiger partial charge in [0.15, 0.2) is 0 Å². The lowest BCUT2D eigenvalue weighted by molar-refractivity contribution is -0.117. The van der Waals surface area contributed by atoms with Crippen LogP contribution in [0.2, 0.25) is 0 Å². The Hall–Kier alpha value is -3.33. The number of carbonyl (C=O) groups excluding carboxylic acids is 2. The van der Waals surface area contributed by atoms with Crippen LogP contribution in [0.3, 0.4) is 0 Å². The van der Waals surface area contributed by atoms with Crippen molar-refractivity contribution in [1.82, 2.24) is 9.88 Å². The average Bonchev–Trinajstić information content (AvgIpc) is 3.32. The minimum Gasteiger partial charge on any atom is -0.465 e. The standard InChI is InChI=1S/C23H25N3O3/c1-15-12-17(13-18(14-24)22(27)25-19-8-4-5-9-19)16(2)26(15)21-11-7-6-10-20(21)23(28)29-3/h6-7,10-13,19H,4-5,8-9H2,1-3H3,(H,25,27)/b18-13-. The summed E-state index contributed by atoms with van der Waals surface area (Å²) >= 11 is 0. The highest BCUT2D eigenvalue weighted by Crippen LogP contribution is 2.26. The first-order valence-corrected chi connectivity index (χ1v) is 9.75. The number of rotatable bonds is 5. The van der Waals surface area contributed by atoms with Crippen LogP contribution in [0.5, 0.6) is 0 Å². The van der Waals surface area contributed by atoms with E-state index in [-0.39, 0.29) is 17.5 Å². The van der Waals surface area contributed by atoms with Gasteiger partial charge in [-0.15, -0.1) is 0 Å². The molecule has 1 aromatic carbocycles. The van der Waals surface area contributed by atoms with Crippen LogP contribution >= 0.6 is 0 Å². The van der Waals surface area contributed by atoms with E-state index in [0.717, 1.165) is 42.6 Å². The van der Waals surface area contributed by atoms with Gasteiger partial charge >= 0.3 is 5.97 Å². The maximum atomic E-state index is 12.5. The van der Waals surface area contributed by atoms with Crippen molar-refractivity contribution in [3.63, 3.8) is 0 Å². The molecule has 0 unspecified atom stereocenters. The fourth-order valence-electron chi connectivity index (χ4n) is 3.89. The maximum absolute atomic E-state index is 12.5. The minimum absolute atomic E-state index is 0.0819. The zero-order valence-corrected chi connectivity index (χ0v) is 17.0. The Morgan fingerprint density at radius 3 is 2.59 bits per heavy atom. The van der Waals surface area contributed by atoms with Crippen LogP contribution in [0.1, 0.15) is 53.0 Å². The van der Waals surface area contributed by atoms with Crippen LogP contribution in [0.4, 0.5) is 0 Å². The highest BCUT2D eigenvalue weighted by molar-refractivity contribution is 6.02. The highest BCUT2D eigenvalue weighted by atomic mass is 16.5. The van der Waals surface area contributed by atoms with Crippen molar-refractivity contribution in [2.45, 2.75) is 45.6 Å². The molecule has 3 rings (SSSR count). The van der Waals surface area contributed by atoms with Gasteiger partial charge in [-0.2, -0.15) is 5.26 Å². The molecule has 6 heteroatoms. The molecule has 1 heterocycles. The summed E-state index contributed by atoms with van der Waals surface area (Å²) in [5.74, 6) is -0.752. The van der Waals surface area contributed by atoms with Crippen molar-refractivity contribution in [3.05, 3.63) is 58.4 Å². The summed E-state index contributed by atoms with van der Waals surface area (Å²) < 4.78 is 6.83. The number of esters is 1. The number of hydrogen-bond donors (Lipinski definition) is 1. The van der Waals surface area contributed by atoms with Crippen molar-refractivity contribution in [2.75, 3.05) is 7.11 Å². The predicted octanol–water partition coefficient (Wildman–Crippen LogP) is 3.85. The molecule has 0 spiro atoms. The number of nitrogens with zero attached hydrogens (tertiary/aromatic N) is 2. The third-order valence-electron chi connectivity index (χ3n) is 5.38. The van der Waals surface area contributed by atoms with Crippen molar-refractivity contribution in [3.8, 4) is 11.8 Å². The van der Waals surface area contributed by atoms with Crippen LogP contribution in [-0.4, -0.2) is 29.6 Å². The third kappa shape index (κ3) is 4.24. The molecule has 1 amide bonds. The molecule has 1 saturated carbocycles. The van der Waals surface area contributed by atoms with E-state index >= 15 is 0 Å². The van der Waals surface area contributed by atoms with Crippen molar-refractivity contribution in [2.24, 2.45) is 0 Å². The fourth-order valence-corrected chi connectivity index (χ4v) is 3.89. The Balaban J connectivity index is 1.97. The van der Waals surface area contributed by atoms with Crippen molar-refractivity contribution in [1.29, 1.82) is 5.26 Å². The summed E-state index contributed by atoms with van der Waals surface area (Å²) in [6.45, 7) is 3.82. The van der Waals surface area contributed by atoms with Crippen LogP contribution in [-0.2, 0) is 9.53 Å². The number of carbonyl (C=O) groups is 2. The molecule has 0 atom stereocenters. The zero-order valence-electron chi connectivity index (χ0n) is 17.0. The number of ether oxygens (including phenoxy) is 1. The number of aromatic nitrogens is 1. The largest absolute Gasteiger partial charge is 0.465 e. The molecule has 1 aromatic heterocycles. The van der Waals surface area contributed by atoms with E-state index in [1.165, 1.54) is 7.11 Å². The summed E-state index contributed by atoms with van der Waals surface area (Å²) in [4.78, 5) is 24.7. The SMILES string of the molecule is COC(=O)c1ccccc1-n1c(C)cc(/C=C(/C#N)C(=O)NC2CCCC2)c1C. The smallest absolute Gasteiger partial charge is 0.339 e. The van der Waals surface area contributed by atoms with E-state index in [1.54, 1.807) is 18.2 Å². The Labute approximate surface area is 170 Å². The van der Waals surface area contributed by atoms with Crippen LogP contribution in [0.25, 0.3) is 11.8 Å². The first-order chi connectivity index (χ1) is 14.0. The minimum atomic E-state index is -0.418. The molecule has 1 N–H and O–H groups in total. The van der Waals surface area contributed by atoms with Gasteiger partial charge in [-0.25, -0.2) is 4.79 Å². The Kier molecular flexibility index (Phi) is 6.18. The molecule has 29 heavy (non-hydrogen) atoms. The van der Waals surface area contributed by atoms with Crippen molar-refractivity contribution < 1.29 is 14.3 Å². The first-order valence-electron chi connectivity index (χ1n) is 9.75. The van der Waals surface area contributed by atoms with E-state index < -0.39 is 5.97 Å². The number of methoxy groups -OCH3 is 1. The predicted molar refractivity (Wildman–Crippen MR) is 111 cm³/mol. The van der Waals surface area contributed by atoms with E-state index in [1.807, 2.05) is 42.7 Å². The second-order valence-electron chi connectivity index (χ2n) is 7.30. The van der Waals surface area contributed by atoms with Gasteiger partial charge in [0.25, 0.3) is 5.91 Å². The summed E-state index contributed by atoms with van der Waals surface area (Å²) in [7, 11) is 1.35. The molecular formula is C23H25N3O3. The Morgan fingerprint density at radius 2 is 1.93 bits per heavy atom. The lowest BCUT2D eigenvalue weighted by atomic mass is 10.1. The van der Waals surface area contributed by atoms with Gasteiger partial charge in [-0.05, 0) is 56.5 Å². The van der Waals surface area contributed by atoms with Gasteiger partial charge in [0, 0.05) is 17.4 Å². The number of nitrogens with one attached hydrogen (secondary N) is 1. The zero-order chi connectivity index (χ0) is 21.0. The molecule has 0 bridgehead atoms. The van der Waals surface area contributed by atoms with Crippen LogP contribution in [0.15, 0.2) is 35.9 Å². The average molecular weight is 391 g/mol. The van der Waals surface area contributed by atoms with Crippen molar-refractivity contribution >= 4 is 18.0 Å².